The predicted molar refractivity (Wildman–Crippen MR) is 105 cm³/mol. The van der Waals surface area contributed by atoms with Crippen molar-refractivity contribution in [3.05, 3.63) is 59.9 Å². The smallest absolute Gasteiger partial charge is 0.255 e. The Kier molecular flexibility index (Phi) is 5.68. The molecule has 0 unspecified atom stereocenters. The van der Waals surface area contributed by atoms with Gasteiger partial charge in [0, 0.05) is 31.9 Å². The number of aromatic nitrogens is 1. The first-order chi connectivity index (χ1) is 13.3. The minimum Gasteiger partial charge on any atom is -0.489 e. The lowest BCUT2D eigenvalue weighted by molar-refractivity contribution is 0.0866. The van der Waals surface area contributed by atoms with E-state index in [0.29, 0.717) is 17.4 Å². The van der Waals surface area contributed by atoms with E-state index in [1.165, 1.54) is 6.42 Å². The molecule has 1 aliphatic carbocycles. The second-order valence-electron chi connectivity index (χ2n) is 7.51. The van der Waals surface area contributed by atoms with E-state index in [0.717, 1.165) is 51.0 Å². The van der Waals surface area contributed by atoms with Crippen LogP contribution in [0.4, 0.5) is 0 Å². The number of carbonyl (C=O) groups is 1. The Balaban J connectivity index is 1.32. The molecule has 142 valence electrons. The lowest BCUT2D eigenvalue weighted by atomic mass is 9.93. The number of hydrogen-bond acceptors (Lipinski definition) is 4. The van der Waals surface area contributed by atoms with E-state index >= 15 is 0 Å². The minimum absolute atomic E-state index is 0.0112. The highest BCUT2D eigenvalue weighted by Gasteiger charge is 2.24. The summed E-state index contributed by atoms with van der Waals surface area (Å²) in [4.78, 5) is 19.4. The number of pyridine rings is 1. The Labute approximate surface area is 160 Å². The number of piperidine rings is 1. The van der Waals surface area contributed by atoms with Gasteiger partial charge < -0.3 is 10.1 Å². The summed E-state index contributed by atoms with van der Waals surface area (Å²) in [7, 11) is 0. The van der Waals surface area contributed by atoms with Gasteiger partial charge >= 0.3 is 0 Å². The number of likely N-dealkylation sites (tertiary alicyclic amines) is 1. The van der Waals surface area contributed by atoms with E-state index in [9.17, 15) is 4.79 Å². The van der Waals surface area contributed by atoms with Gasteiger partial charge in [0.15, 0.2) is 0 Å². The molecule has 1 saturated heterocycles. The Morgan fingerprint density at radius 2 is 1.85 bits per heavy atom. The second kappa shape index (κ2) is 8.53. The van der Waals surface area contributed by atoms with E-state index in [1.54, 1.807) is 0 Å². The molecule has 1 saturated carbocycles. The Morgan fingerprint density at radius 3 is 2.56 bits per heavy atom. The molecule has 0 atom stereocenters. The van der Waals surface area contributed by atoms with Crippen molar-refractivity contribution in [3.63, 3.8) is 0 Å². The van der Waals surface area contributed by atoms with Crippen LogP contribution in [-0.2, 0) is 6.54 Å². The first-order valence-corrected chi connectivity index (χ1v) is 9.97. The van der Waals surface area contributed by atoms with E-state index < -0.39 is 0 Å². The molecular formula is C22H27N3O2. The molecule has 1 aliphatic heterocycles. The topological polar surface area (TPSA) is 54.5 Å². The number of rotatable bonds is 6. The molecule has 1 aromatic heterocycles. The molecule has 2 aromatic rings. The Bertz CT molecular complexity index is 753. The fourth-order valence-electron chi connectivity index (χ4n) is 3.66. The number of carbonyl (C=O) groups excluding carboxylic acids is 1. The zero-order valence-electron chi connectivity index (χ0n) is 15.6. The number of ether oxygens (including phenoxy) is 1. The molecule has 2 aliphatic rings. The van der Waals surface area contributed by atoms with E-state index in [2.05, 4.69) is 21.3 Å². The number of nitrogens with zero attached hydrogens (tertiary/aromatic N) is 2. The van der Waals surface area contributed by atoms with Crippen molar-refractivity contribution >= 4 is 5.91 Å². The molecular weight excluding hydrogens is 338 g/mol. The molecule has 5 nitrogen and oxygen atoms in total. The summed E-state index contributed by atoms with van der Waals surface area (Å²) in [6, 6.07) is 14.0. The van der Waals surface area contributed by atoms with Crippen LogP contribution in [0.1, 0.15) is 48.2 Å². The van der Waals surface area contributed by atoms with Crippen molar-refractivity contribution in [1.29, 1.82) is 0 Å². The monoisotopic (exact) mass is 365 g/mol. The van der Waals surface area contributed by atoms with E-state index in [-0.39, 0.29) is 12.0 Å². The van der Waals surface area contributed by atoms with Crippen LogP contribution in [0.25, 0.3) is 0 Å². The maximum Gasteiger partial charge on any atom is 0.255 e. The van der Waals surface area contributed by atoms with Crippen LogP contribution >= 0.6 is 0 Å². The number of amides is 1. The molecule has 0 spiro atoms. The van der Waals surface area contributed by atoms with Gasteiger partial charge in [0.2, 0.25) is 0 Å². The van der Waals surface area contributed by atoms with Crippen molar-refractivity contribution in [2.45, 2.75) is 50.8 Å². The summed E-state index contributed by atoms with van der Waals surface area (Å²) in [6.07, 6.45) is 7.31. The fraction of sp³-hybridized carbons (Fsp3) is 0.455. The second-order valence-corrected chi connectivity index (χ2v) is 7.51. The van der Waals surface area contributed by atoms with E-state index in [1.807, 2.05) is 42.6 Å². The maximum atomic E-state index is 12.6. The molecule has 1 N–H and O–H groups in total. The van der Waals surface area contributed by atoms with Crippen LogP contribution in [-0.4, -0.2) is 41.0 Å². The third-order valence-corrected chi connectivity index (χ3v) is 5.51. The Hall–Kier alpha value is -2.40. The summed E-state index contributed by atoms with van der Waals surface area (Å²) in [5, 5.41) is 3.11. The van der Waals surface area contributed by atoms with Gasteiger partial charge in [-0.1, -0.05) is 18.2 Å². The molecule has 4 rings (SSSR count). The summed E-state index contributed by atoms with van der Waals surface area (Å²) >= 11 is 0. The molecule has 5 heteroatoms. The molecule has 1 aromatic carbocycles. The van der Waals surface area contributed by atoms with Crippen LogP contribution in [0, 0.1) is 0 Å². The van der Waals surface area contributed by atoms with Crippen LogP contribution in [0.3, 0.4) is 0 Å². The number of benzene rings is 1. The van der Waals surface area contributed by atoms with Gasteiger partial charge in [-0.3, -0.25) is 14.7 Å². The van der Waals surface area contributed by atoms with Crippen molar-refractivity contribution < 1.29 is 9.53 Å². The molecule has 2 fully saturated rings. The van der Waals surface area contributed by atoms with Gasteiger partial charge in [-0.15, -0.1) is 0 Å². The van der Waals surface area contributed by atoms with Crippen LogP contribution < -0.4 is 10.1 Å². The van der Waals surface area contributed by atoms with Crippen LogP contribution in [0.15, 0.2) is 48.7 Å². The predicted octanol–water partition coefficient (Wildman–Crippen LogP) is 3.41. The molecule has 2 heterocycles. The van der Waals surface area contributed by atoms with Gasteiger partial charge in [-0.05, 0) is 56.4 Å². The van der Waals surface area contributed by atoms with Crippen molar-refractivity contribution in [1.82, 2.24) is 15.2 Å². The summed E-state index contributed by atoms with van der Waals surface area (Å²) in [5.74, 6) is 0.695. The highest BCUT2D eigenvalue weighted by molar-refractivity contribution is 5.97. The highest BCUT2D eigenvalue weighted by Crippen LogP contribution is 2.25. The first kappa shape index (κ1) is 18.0. The van der Waals surface area contributed by atoms with Gasteiger partial charge in [-0.2, -0.15) is 0 Å². The SMILES string of the molecule is O=C(NC1CCC1)c1ccccc1OC1CCN(Cc2ccccn2)CC1. The zero-order valence-corrected chi connectivity index (χ0v) is 15.6. The molecule has 0 radical (unpaired) electrons. The average Bonchev–Trinajstić information content (AvgIpc) is 2.67. The molecule has 0 bridgehead atoms. The number of nitrogens with one attached hydrogen (secondary N) is 1. The van der Waals surface area contributed by atoms with Crippen LogP contribution in [0.5, 0.6) is 5.75 Å². The number of hydrogen-bond donors (Lipinski definition) is 1. The normalized spacial score (nSPS) is 18.7. The lowest BCUT2D eigenvalue weighted by Crippen LogP contribution is -2.40. The molecule has 1 amide bonds. The third kappa shape index (κ3) is 4.66. The van der Waals surface area contributed by atoms with Gasteiger partial charge in [0.05, 0.1) is 11.3 Å². The van der Waals surface area contributed by atoms with Gasteiger partial charge in [0.25, 0.3) is 5.91 Å². The van der Waals surface area contributed by atoms with Crippen molar-refractivity contribution in [3.8, 4) is 5.75 Å². The Morgan fingerprint density at radius 1 is 1.07 bits per heavy atom. The van der Waals surface area contributed by atoms with Crippen molar-refractivity contribution in [2.24, 2.45) is 0 Å². The van der Waals surface area contributed by atoms with E-state index in [4.69, 9.17) is 4.74 Å². The third-order valence-electron chi connectivity index (χ3n) is 5.51. The van der Waals surface area contributed by atoms with Crippen LogP contribution in [0.2, 0.25) is 0 Å². The number of para-hydroxylation sites is 1. The lowest BCUT2D eigenvalue weighted by Gasteiger charge is -2.32. The maximum absolute atomic E-state index is 12.6. The summed E-state index contributed by atoms with van der Waals surface area (Å²) in [5.41, 5.74) is 1.76. The largest absolute Gasteiger partial charge is 0.489 e. The standard InChI is InChI=1S/C22H27N3O2/c26-22(24-17-7-5-8-17)20-9-1-2-10-21(20)27-19-11-14-25(15-12-19)16-18-6-3-4-13-23-18/h1-4,6,9-10,13,17,19H,5,7-8,11-12,14-16H2,(H,24,26). The summed E-state index contributed by atoms with van der Waals surface area (Å²) < 4.78 is 6.24. The quantitative estimate of drug-likeness (QED) is 0.852. The first-order valence-electron chi connectivity index (χ1n) is 9.97. The van der Waals surface area contributed by atoms with Crippen molar-refractivity contribution in [2.75, 3.05) is 13.1 Å². The summed E-state index contributed by atoms with van der Waals surface area (Å²) in [6.45, 7) is 2.85. The zero-order chi connectivity index (χ0) is 18.5. The van der Waals surface area contributed by atoms with Gasteiger partial charge in [0.1, 0.15) is 11.9 Å². The molecule has 27 heavy (non-hydrogen) atoms. The minimum atomic E-state index is -0.0112. The van der Waals surface area contributed by atoms with Gasteiger partial charge in [-0.25, -0.2) is 0 Å². The average molecular weight is 365 g/mol. The fourth-order valence-corrected chi connectivity index (χ4v) is 3.66. The highest BCUT2D eigenvalue weighted by atomic mass is 16.5.